The molecule has 1 aliphatic rings. The molecule has 1 nitrogen and oxygen atoms in total. The van der Waals surface area contributed by atoms with Gasteiger partial charge in [-0.25, -0.2) is 13.2 Å². The molecule has 4 heteroatoms. The molecule has 1 aromatic carbocycles. The summed E-state index contributed by atoms with van der Waals surface area (Å²) >= 11 is 0. The lowest BCUT2D eigenvalue weighted by Gasteiger charge is -2.28. The third kappa shape index (κ3) is 2.40. The summed E-state index contributed by atoms with van der Waals surface area (Å²) in [5.74, 6) is -3.71. The molecule has 0 aromatic heterocycles. The second-order valence-corrected chi connectivity index (χ2v) is 5.33. The van der Waals surface area contributed by atoms with Gasteiger partial charge in [0.15, 0.2) is 17.5 Å². The lowest BCUT2D eigenvalue weighted by Crippen LogP contribution is -2.30. The summed E-state index contributed by atoms with van der Waals surface area (Å²) in [4.78, 5) is 0. The average Bonchev–Trinajstić information content (AvgIpc) is 2.55. The van der Waals surface area contributed by atoms with Gasteiger partial charge < -0.3 is 5.32 Å². The molecule has 1 saturated carbocycles. The fourth-order valence-electron chi connectivity index (χ4n) is 2.43. The van der Waals surface area contributed by atoms with Crippen LogP contribution in [0.1, 0.15) is 33.1 Å². The summed E-state index contributed by atoms with van der Waals surface area (Å²) in [6.45, 7) is 4.24. The Hall–Kier alpha value is -1.19. The van der Waals surface area contributed by atoms with E-state index in [0.717, 1.165) is 31.4 Å². The maximum atomic E-state index is 13.1. The Labute approximate surface area is 99.0 Å². The van der Waals surface area contributed by atoms with Gasteiger partial charge in [0.2, 0.25) is 0 Å². The van der Waals surface area contributed by atoms with E-state index in [1.165, 1.54) is 0 Å². The van der Waals surface area contributed by atoms with Crippen molar-refractivity contribution in [1.29, 1.82) is 0 Å². The number of nitrogens with one attached hydrogen (secondary N) is 1. The first-order valence-corrected chi connectivity index (χ1v) is 5.81. The Morgan fingerprint density at radius 2 is 1.76 bits per heavy atom. The van der Waals surface area contributed by atoms with E-state index in [1.807, 2.05) is 0 Å². The van der Waals surface area contributed by atoms with E-state index in [4.69, 9.17) is 0 Å². The van der Waals surface area contributed by atoms with Crippen molar-refractivity contribution >= 4 is 5.69 Å². The SMILES string of the molecule is CC1(C)CCCC1Nc1cc(F)c(F)c(F)c1. The minimum atomic E-state index is -1.42. The molecular formula is C13H16F3N. The van der Waals surface area contributed by atoms with E-state index in [0.29, 0.717) is 5.69 Å². The number of halogens is 3. The van der Waals surface area contributed by atoms with Crippen molar-refractivity contribution in [1.82, 2.24) is 0 Å². The fourth-order valence-corrected chi connectivity index (χ4v) is 2.43. The normalized spacial score (nSPS) is 22.8. The van der Waals surface area contributed by atoms with Gasteiger partial charge in [-0.05, 0) is 18.3 Å². The van der Waals surface area contributed by atoms with Gasteiger partial charge in [0.25, 0.3) is 0 Å². The van der Waals surface area contributed by atoms with Gasteiger partial charge in [0.1, 0.15) is 0 Å². The zero-order chi connectivity index (χ0) is 12.6. The summed E-state index contributed by atoms with van der Waals surface area (Å²) in [6.07, 6.45) is 3.14. The largest absolute Gasteiger partial charge is 0.382 e. The summed E-state index contributed by atoms with van der Waals surface area (Å²) < 4.78 is 38.9. The summed E-state index contributed by atoms with van der Waals surface area (Å²) in [7, 11) is 0. The van der Waals surface area contributed by atoms with E-state index in [9.17, 15) is 13.2 Å². The van der Waals surface area contributed by atoms with Crippen LogP contribution in [0.4, 0.5) is 18.9 Å². The fraction of sp³-hybridized carbons (Fsp3) is 0.538. The molecule has 94 valence electrons. The molecule has 0 bridgehead atoms. The Morgan fingerprint density at radius 1 is 1.18 bits per heavy atom. The van der Waals surface area contributed by atoms with E-state index in [-0.39, 0.29) is 11.5 Å². The van der Waals surface area contributed by atoms with Crippen LogP contribution in [-0.4, -0.2) is 6.04 Å². The zero-order valence-corrected chi connectivity index (χ0v) is 9.99. The van der Waals surface area contributed by atoms with Crippen LogP contribution in [0.15, 0.2) is 12.1 Å². The van der Waals surface area contributed by atoms with Gasteiger partial charge in [0.05, 0.1) is 0 Å². The molecule has 1 unspecified atom stereocenters. The molecule has 0 heterocycles. The van der Waals surface area contributed by atoms with Gasteiger partial charge in [-0.3, -0.25) is 0 Å². The average molecular weight is 243 g/mol. The highest BCUT2D eigenvalue weighted by Gasteiger charge is 2.34. The minimum Gasteiger partial charge on any atom is -0.382 e. The summed E-state index contributed by atoms with van der Waals surface area (Å²) in [5.41, 5.74) is 0.405. The topological polar surface area (TPSA) is 12.0 Å². The van der Waals surface area contributed by atoms with Crippen LogP contribution in [0.3, 0.4) is 0 Å². The quantitative estimate of drug-likeness (QED) is 0.771. The van der Waals surface area contributed by atoms with Crippen LogP contribution in [0.25, 0.3) is 0 Å². The number of hydrogen-bond donors (Lipinski definition) is 1. The predicted molar refractivity (Wildman–Crippen MR) is 61.4 cm³/mol. The van der Waals surface area contributed by atoms with Gasteiger partial charge in [-0.2, -0.15) is 0 Å². The van der Waals surface area contributed by atoms with Crippen LogP contribution in [0, 0.1) is 22.9 Å². The first-order chi connectivity index (χ1) is 7.90. The van der Waals surface area contributed by atoms with Crippen LogP contribution in [0.5, 0.6) is 0 Å². The first-order valence-electron chi connectivity index (χ1n) is 5.81. The van der Waals surface area contributed by atoms with Crippen LogP contribution < -0.4 is 5.32 Å². The second-order valence-electron chi connectivity index (χ2n) is 5.33. The standard InChI is InChI=1S/C13H16F3N/c1-13(2)5-3-4-11(13)17-8-6-9(14)12(16)10(15)7-8/h6-7,11,17H,3-5H2,1-2H3. The van der Waals surface area contributed by atoms with Gasteiger partial charge in [0, 0.05) is 23.9 Å². The molecule has 2 rings (SSSR count). The number of benzene rings is 1. The predicted octanol–water partition coefficient (Wildman–Crippen LogP) is 4.09. The molecule has 0 aliphatic heterocycles. The molecule has 1 aromatic rings. The van der Waals surface area contributed by atoms with Crippen LogP contribution >= 0.6 is 0 Å². The third-order valence-electron chi connectivity index (χ3n) is 3.58. The zero-order valence-electron chi connectivity index (χ0n) is 9.99. The van der Waals surface area contributed by atoms with Crippen molar-refractivity contribution in [3.63, 3.8) is 0 Å². The van der Waals surface area contributed by atoms with Crippen molar-refractivity contribution in [2.45, 2.75) is 39.2 Å². The maximum absolute atomic E-state index is 13.1. The second kappa shape index (κ2) is 4.24. The highest BCUT2D eigenvalue weighted by atomic mass is 19.2. The van der Waals surface area contributed by atoms with Gasteiger partial charge >= 0.3 is 0 Å². The Bertz CT molecular complexity index is 406. The van der Waals surface area contributed by atoms with Gasteiger partial charge in [-0.15, -0.1) is 0 Å². The lowest BCUT2D eigenvalue weighted by molar-refractivity contribution is 0.349. The van der Waals surface area contributed by atoms with E-state index >= 15 is 0 Å². The molecule has 0 spiro atoms. The molecule has 17 heavy (non-hydrogen) atoms. The molecule has 1 aliphatic carbocycles. The molecule has 1 N–H and O–H groups in total. The molecule has 0 radical (unpaired) electrons. The maximum Gasteiger partial charge on any atom is 0.194 e. The van der Waals surface area contributed by atoms with Crippen molar-refractivity contribution in [2.24, 2.45) is 5.41 Å². The third-order valence-corrected chi connectivity index (χ3v) is 3.58. The van der Waals surface area contributed by atoms with E-state index in [2.05, 4.69) is 19.2 Å². The van der Waals surface area contributed by atoms with Crippen molar-refractivity contribution in [3.05, 3.63) is 29.6 Å². The minimum absolute atomic E-state index is 0.0986. The summed E-state index contributed by atoms with van der Waals surface area (Å²) in [5, 5.41) is 3.09. The van der Waals surface area contributed by atoms with Crippen molar-refractivity contribution in [3.8, 4) is 0 Å². The van der Waals surface area contributed by atoms with Gasteiger partial charge in [-0.1, -0.05) is 20.3 Å². The molecular weight excluding hydrogens is 227 g/mol. The van der Waals surface area contributed by atoms with Crippen LogP contribution in [0.2, 0.25) is 0 Å². The van der Waals surface area contributed by atoms with Crippen molar-refractivity contribution in [2.75, 3.05) is 5.32 Å². The van der Waals surface area contributed by atoms with E-state index in [1.54, 1.807) is 0 Å². The Kier molecular flexibility index (Phi) is 3.06. The van der Waals surface area contributed by atoms with E-state index < -0.39 is 17.5 Å². The number of anilines is 1. The lowest BCUT2D eigenvalue weighted by atomic mass is 9.87. The monoisotopic (exact) mass is 243 g/mol. The molecule has 0 amide bonds. The number of hydrogen-bond acceptors (Lipinski definition) is 1. The van der Waals surface area contributed by atoms with Crippen LogP contribution in [-0.2, 0) is 0 Å². The highest BCUT2D eigenvalue weighted by molar-refractivity contribution is 5.45. The molecule has 1 fully saturated rings. The van der Waals surface area contributed by atoms with Crippen molar-refractivity contribution < 1.29 is 13.2 Å². The Morgan fingerprint density at radius 3 is 2.24 bits per heavy atom. The molecule has 1 atom stereocenters. The molecule has 0 saturated heterocycles. The smallest absolute Gasteiger partial charge is 0.194 e. The Balaban J connectivity index is 2.19. The highest BCUT2D eigenvalue weighted by Crippen LogP contribution is 2.39. The summed E-state index contributed by atoms with van der Waals surface area (Å²) in [6, 6.07) is 2.19. The number of rotatable bonds is 2. The first kappa shape index (κ1) is 12.3.